The molecule has 0 N–H and O–H groups in total. The number of nitro groups is 1. The highest BCUT2D eigenvalue weighted by Crippen LogP contribution is 2.22. The van der Waals surface area contributed by atoms with E-state index in [4.69, 9.17) is 9.47 Å². The number of hydrogen-bond acceptors (Lipinski definition) is 6. The number of rotatable bonds is 9. The Hall–Kier alpha value is -2.51. The van der Waals surface area contributed by atoms with E-state index in [1.807, 2.05) is 0 Å². The Morgan fingerprint density at radius 2 is 1.62 bits per heavy atom. The normalized spacial score (nSPS) is 11.8. The van der Waals surface area contributed by atoms with Crippen molar-refractivity contribution in [2.24, 2.45) is 11.8 Å². The molecular weight excluding hydrogens is 321 g/mol. The molecule has 0 aliphatic rings. The van der Waals surface area contributed by atoms with E-state index >= 15 is 0 Å². The Bertz CT molecular complexity index is 556. The zero-order valence-corrected chi connectivity index (χ0v) is 13.6. The first-order valence-corrected chi connectivity index (χ1v) is 7.58. The number of halogens is 1. The van der Waals surface area contributed by atoms with Crippen molar-refractivity contribution < 1.29 is 28.4 Å². The Balaban J connectivity index is 3.09. The molecule has 0 aliphatic carbocycles. The second-order valence-corrected chi connectivity index (χ2v) is 5.09. The summed E-state index contributed by atoms with van der Waals surface area (Å²) in [6.07, 6.45) is 0.0452. The van der Waals surface area contributed by atoms with Crippen LogP contribution in [0.15, 0.2) is 24.3 Å². The topological polar surface area (TPSA) is 95.7 Å². The molecule has 1 rings (SSSR count). The van der Waals surface area contributed by atoms with Crippen LogP contribution in [0.5, 0.6) is 0 Å². The number of esters is 2. The van der Waals surface area contributed by atoms with Gasteiger partial charge in [0.1, 0.15) is 5.82 Å². The van der Waals surface area contributed by atoms with Crippen LogP contribution in [0.4, 0.5) is 4.39 Å². The molecule has 1 aromatic carbocycles. The van der Waals surface area contributed by atoms with Gasteiger partial charge in [0.05, 0.1) is 19.1 Å². The van der Waals surface area contributed by atoms with Crippen LogP contribution in [0.2, 0.25) is 0 Å². The Morgan fingerprint density at radius 3 is 2.04 bits per heavy atom. The molecule has 132 valence electrons. The van der Waals surface area contributed by atoms with Crippen molar-refractivity contribution in [3.05, 3.63) is 45.8 Å². The highest BCUT2D eigenvalue weighted by Gasteiger charge is 2.40. The molecule has 0 radical (unpaired) electrons. The third-order valence-corrected chi connectivity index (χ3v) is 3.35. The highest BCUT2D eigenvalue weighted by molar-refractivity contribution is 5.95. The van der Waals surface area contributed by atoms with Crippen LogP contribution >= 0.6 is 0 Å². The van der Waals surface area contributed by atoms with Crippen molar-refractivity contribution in [1.29, 1.82) is 0 Å². The summed E-state index contributed by atoms with van der Waals surface area (Å²) >= 11 is 0. The zero-order valence-electron chi connectivity index (χ0n) is 13.6. The lowest BCUT2D eigenvalue weighted by atomic mass is 9.86. The maximum atomic E-state index is 13.0. The van der Waals surface area contributed by atoms with Crippen molar-refractivity contribution in [1.82, 2.24) is 0 Å². The summed E-state index contributed by atoms with van der Waals surface area (Å²) in [5.74, 6) is -4.52. The summed E-state index contributed by atoms with van der Waals surface area (Å²) in [4.78, 5) is 34.6. The van der Waals surface area contributed by atoms with Gasteiger partial charge in [0.15, 0.2) is 5.92 Å². The number of nitrogens with zero attached hydrogens (tertiary/aromatic N) is 1. The van der Waals surface area contributed by atoms with Crippen LogP contribution in [0.25, 0.3) is 0 Å². The number of carbonyl (C=O) groups excluding carboxylic acids is 2. The molecule has 0 amide bonds. The van der Waals surface area contributed by atoms with Gasteiger partial charge in [-0.2, -0.15) is 0 Å². The number of benzene rings is 1. The maximum absolute atomic E-state index is 13.0. The molecular formula is C16H20FNO6. The largest absolute Gasteiger partial charge is 0.465 e. The fraction of sp³-hybridized carbons (Fsp3) is 0.500. The van der Waals surface area contributed by atoms with E-state index in [0.717, 1.165) is 0 Å². The van der Waals surface area contributed by atoms with Gasteiger partial charge in [0, 0.05) is 4.92 Å². The van der Waals surface area contributed by atoms with E-state index in [1.165, 1.54) is 24.3 Å². The lowest BCUT2D eigenvalue weighted by Crippen LogP contribution is -2.38. The van der Waals surface area contributed by atoms with Crippen molar-refractivity contribution in [3.63, 3.8) is 0 Å². The van der Waals surface area contributed by atoms with Gasteiger partial charge in [-0.15, -0.1) is 0 Å². The van der Waals surface area contributed by atoms with Gasteiger partial charge < -0.3 is 9.47 Å². The minimum atomic E-state index is -1.40. The van der Waals surface area contributed by atoms with Crippen molar-refractivity contribution in [2.45, 2.75) is 20.3 Å². The summed E-state index contributed by atoms with van der Waals surface area (Å²) in [6, 6.07) is 5.33. The zero-order chi connectivity index (χ0) is 18.1. The Kier molecular flexibility index (Phi) is 7.81. The molecule has 0 saturated heterocycles. The maximum Gasteiger partial charge on any atom is 0.320 e. The third kappa shape index (κ3) is 5.94. The molecule has 24 heavy (non-hydrogen) atoms. The molecule has 0 fully saturated rings. The first-order chi connectivity index (χ1) is 11.4. The first-order valence-electron chi connectivity index (χ1n) is 7.58. The van der Waals surface area contributed by atoms with Crippen LogP contribution < -0.4 is 0 Å². The van der Waals surface area contributed by atoms with Gasteiger partial charge in [-0.25, -0.2) is 4.39 Å². The van der Waals surface area contributed by atoms with Crippen LogP contribution in [-0.4, -0.2) is 36.6 Å². The molecule has 0 saturated carbocycles. The van der Waals surface area contributed by atoms with E-state index in [9.17, 15) is 24.1 Å². The predicted octanol–water partition coefficient (Wildman–Crippen LogP) is 2.00. The number of hydrogen-bond donors (Lipinski definition) is 0. The molecule has 0 spiro atoms. The van der Waals surface area contributed by atoms with Crippen LogP contribution in [-0.2, 0) is 25.5 Å². The van der Waals surface area contributed by atoms with E-state index in [0.29, 0.717) is 5.56 Å². The Labute approximate surface area is 138 Å². The van der Waals surface area contributed by atoms with Crippen LogP contribution in [0.1, 0.15) is 19.4 Å². The Morgan fingerprint density at radius 1 is 1.12 bits per heavy atom. The van der Waals surface area contributed by atoms with Crippen LogP contribution in [0, 0.1) is 27.8 Å². The monoisotopic (exact) mass is 341 g/mol. The van der Waals surface area contributed by atoms with E-state index in [2.05, 4.69) is 0 Å². The molecule has 0 aromatic heterocycles. The summed E-state index contributed by atoms with van der Waals surface area (Å²) in [6.45, 7) is 2.61. The highest BCUT2D eigenvalue weighted by atomic mass is 19.1. The predicted molar refractivity (Wildman–Crippen MR) is 82.2 cm³/mol. The first kappa shape index (κ1) is 19.5. The van der Waals surface area contributed by atoms with Crippen molar-refractivity contribution in [3.8, 4) is 0 Å². The lowest BCUT2D eigenvalue weighted by Gasteiger charge is -2.21. The number of ether oxygens (including phenoxy) is 2. The smallest absolute Gasteiger partial charge is 0.320 e. The van der Waals surface area contributed by atoms with Gasteiger partial charge in [-0.05, 0) is 38.0 Å². The van der Waals surface area contributed by atoms with Gasteiger partial charge in [-0.1, -0.05) is 12.1 Å². The van der Waals surface area contributed by atoms with E-state index < -0.39 is 41.1 Å². The van der Waals surface area contributed by atoms with Gasteiger partial charge in [0.25, 0.3) is 0 Å². The fourth-order valence-corrected chi connectivity index (χ4v) is 2.35. The average molecular weight is 341 g/mol. The molecule has 1 atom stereocenters. The summed E-state index contributed by atoms with van der Waals surface area (Å²) in [7, 11) is 0. The second kappa shape index (κ2) is 9.59. The standard InChI is InChI=1S/C16H20FNO6/c1-3-23-15(19)14(16(20)24-4-2)12(10-18(21)22)9-11-5-7-13(17)8-6-11/h5-8,12,14H,3-4,9-10H2,1-2H3. The summed E-state index contributed by atoms with van der Waals surface area (Å²) in [5.41, 5.74) is 0.571. The SMILES string of the molecule is CCOC(=O)C(C(=O)OCC)C(Cc1ccc(F)cc1)C[N+](=O)[O-]. The van der Waals surface area contributed by atoms with Gasteiger partial charge in [-0.3, -0.25) is 19.7 Å². The van der Waals surface area contributed by atoms with Gasteiger partial charge in [0.2, 0.25) is 6.54 Å². The fourth-order valence-electron chi connectivity index (χ4n) is 2.35. The molecule has 1 aromatic rings. The van der Waals surface area contributed by atoms with Crippen LogP contribution in [0.3, 0.4) is 0 Å². The van der Waals surface area contributed by atoms with Gasteiger partial charge >= 0.3 is 11.9 Å². The minimum Gasteiger partial charge on any atom is -0.465 e. The second-order valence-electron chi connectivity index (χ2n) is 5.09. The summed E-state index contributed by atoms with van der Waals surface area (Å²) < 4.78 is 22.7. The molecule has 1 unspecified atom stereocenters. The number of carbonyl (C=O) groups is 2. The van der Waals surface area contributed by atoms with E-state index in [-0.39, 0.29) is 19.6 Å². The summed E-state index contributed by atoms with van der Waals surface area (Å²) in [5, 5.41) is 11.0. The van der Waals surface area contributed by atoms with E-state index in [1.54, 1.807) is 13.8 Å². The average Bonchev–Trinajstić information content (AvgIpc) is 2.49. The van der Waals surface area contributed by atoms with Crippen molar-refractivity contribution >= 4 is 11.9 Å². The molecule has 7 nitrogen and oxygen atoms in total. The molecule has 0 heterocycles. The lowest BCUT2D eigenvalue weighted by molar-refractivity contribution is -0.489. The third-order valence-electron chi connectivity index (χ3n) is 3.35. The van der Waals surface area contributed by atoms with Crippen molar-refractivity contribution in [2.75, 3.05) is 19.8 Å². The molecule has 8 heteroatoms. The minimum absolute atomic E-state index is 0.0382. The molecule has 0 aliphatic heterocycles. The quantitative estimate of drug-likeness (QED) is 0.295. The molecule has 0 bridgehead atoms.